The maximum atomic E-state index is 15.1. The van der Waals surface area contributed by atoms with Crippen LogP contribution < -0.4 is 10.9 Å². The van der Waals surface area contributed by atoms with Gasteiger partial charge in [-0.25, -0.2) is 19.5 Å². The van der Waals surface area contributed by atoms with Crippen molar-refractivity contribution in [2.75, 3.05) is 83.9 Å². The molecule has 0 radical (unpaired) electrons. The van der Waals surface area contributed by atoms with Crippen molar-refractivity contribution in [1.29, 1.82) is 0 Å². The molecule has 3 aromatic heterocycles. The number of hydrogen-bond donors (Lipinski definition) is 2. The number of piperidine rings is 1. The Morgan fingerprint density at radius 3 is 2.19 bits per heavy atom. The monoisotopic (exact) mass is 984 g/mol. The second-order valence-corrected chi connectivity index (χ2v) is 19.6. The summed E-state index contributed by atoms with van der Waals surface area (Å²) in [6.45, 7) is 11.4. The molecule has 3 fully saturated rings. The van der Waals surface area contributed by atoms with Gasteiger partial charge in [-0.1, -0.05) is 85.3 Å². The first kappa shape index (κ1) is 49.0. The summed E-state index contributed by atoms with van der Waals surface area (Å²) in [5, 5.41) is 11.3. The van der Waals surface area contributed by atoms with E-state index in [1.54, 1.807) is 46.5 Å². The number of rotatable bonds is 14. The lowest BCUT2D eigenvalue weighted by atomic mass is 9.95. The van der Waals surface area contributed by atoms with Crippen LogP contribution in [0, 0.1) is 18.7 Å². The zero-order chi connectivity index (χ0) is 50.4. The lowest BCUT2D eigenvalue weighted by molar-refractivity contribution is -0.134. The smallest absolute Gasteiger partial charge is 0.299 e. The van der Waals surface area contributed by atoms with Crippen molar-refractivity contribution in [3.05, 3.63) is 171 Å². The summed E-state index contributed by atoms with van der Waals surface area (Å²) < 4.78 is 21.3. The molecule has 6 heterocycles. The summed E-state index contributed by atoms with van der Waals surface area (Å²) in [5.74, 6) is 0.0440. The van der Waals surface area contributed by atoms with E-state index in [0.717, 1.165) is 68.7 Å². The van der Waals surface area contributed by atoms with Gasteiger partial charge in [0.05, 0.1) is 35.1 Å². The topological polar surface area (TPSA) is 164 Å². The van der Waals surface area contributed by atoms with Gasteiger partial charge in [-0.3, -0.25) is 24.1 Å². The number of nitrogens with zero attached hydrogens (tertiary/aromatic N) is 8. The fourth-order valence-electron chi connectivity index (χ4n) is 10.4. The number of nitrogens with one attached hydrogen (secondary N) is 2. The number of anilines is 2. The van der Waals surface area contributed by atoms with E-state index in [2.05, 4.69) is 80.5 Å². The van der Waals surface area contributed by atoms with E-state index in [0.29, 0.717) is 110 Å². The van der Waals surface area contributed by atoms with Gasteiger partial charge in [0.25, 0.3) is 23.4 Å². The van der Waals surface area contributed by atoms with Crippen LogP contribution in [0.2, 0.25) is 0 Å². The Balaban J connectivity index is 0.687. The average molecular weight is 985 g/mol. The molecule has 3 amide bonds. The minimum Gasteiger partial charge on any atom is -0.428 e. The zero-order valence-corrected chi connectivity index (χ0v) is 41.5. The van der Waals surface area contributed by atoms with Crippen LogP contribution in [0.25, 0.3) is 21.9 Å². The number of pyridine rings is 1. The van der Waals surface area contributed by atoms with E-state index in [-0.39, 0.29) is 22.9 Å². The molecule has 7 aromatic rings. The van der Waals surface area contributed by atoms with E-state index in [4.69, 9.17) is 9.40 Å². The molecule has 0 bridgehead atoms. The quantitative estimate of drug-likeness (QED) is 0.112. The fraction of sp³-hybridized carbons (Fsp3) is 0.351. The van der Waals surface area contributed by atoms with E-state index >= 15 is 4.39 Å². The second-order valence-electron chi connectivity index (χ2n) is 19.6. The molecule has 3 saturated heterocycles. The summed E-state index contributed by atoms with van der Waals surface area (Å²) in [4.78, 5) is 73.0. The van der Waals surface area contributed by atoms with Gasteiger partial charge in [-0.05, 0) is 78.6 Å². The normalized spacial score (nSPS) is 16.0. The number of halogens is 1. The molecule has 10 rings (SSSR count). The molecule has 2 N–H and O–H groups in total. The number of carbonyl (C=O) groups excluding carboxylic acids is 3. The van der Waals surface area contributed by atoms with Gasteiger partial charge in [0.15, 0.2) is 5.69 Å². The molecule has 3 aliphatic rings. The van der Waals surface area contributed by atoms with E-state index in [9.17, 15) is 19.2 Å². The number of likely N-dealkylation sites (tertiary alicyclic amines) is 1. The molecule has 16 heteroatoms. The predicted octanol–water partition coefficient (Wildman–Crippen LogP) is 7.36. The Morgan fingerprint density at radius 2 is 1.41 bits per heavy atom. The number of aryl methyl sites for hydroxylation is 2. The molecule has 0 unspecified atom stereocenters. The molecule has 4 aromatic carbocycles. The van der Waals surface area contributed by atoms with Gasteiger partial charge in [0.1, 0.15) is 11.6 Å². The summed E-state index contributed by atoms with van der Waals surface area (Å²) in [7, 11) is 0. The third-order valence-electron chi connectivity index (χ3n) is 14.6. The maximum Gasteiger partial charge on any atom is 0.299 e. The van der Waals surface area contributed by atoms with Crippen LogP contribution in [0.3, 0.4) is 0 Å². The van der Waals surface area contributed by atoms with Crippen LogP contribution >= 0.6 is 0 Å². The Kier molecular flexibility index (Phi) is 14.8. The van der Waals surface area contributed by atoms with Crippen molar-refractivity contribution in [1.82, 2.24) is 44.7 Å². The van der Waals surface area contributed by atoms with Crippen molar-refractivity contribution in [3.8, 4) is 11.1 Å². The number of aromatic nitrogens is 4. The van der Waals surface area contributed by atoms with Gasteiger partial charge in [-0.15, -0.1) is 0 Å². The van der Waals surface area contributed by atoms with Crippen LogP contribution in [-0.2, 0) is 24.1 Å². The van der Waals surface area contributed by atoms with Crippen molar-refractivity contribution in [3.63, 3.8) is 0 Å². The van der Waals surface area contributed by atoms with Crippen molar-refractivity contribution in [2.45, 2.75) is 46.0 Å². The summed E-state index contributed by atoms with van der Waals surface area (Å²) >= 11 is 0. The first-order valence-corrected chi connectivity index (χ1v) is 25.5. The molecule has 0 saturated carbocycles. The summed E-state index contributed by atoms with van der Waals surface area (Å²) in [5.41, 5.74) is 7.33. The fourth-order valence-corrected chi connectivity index (χ4v) is 10.4. The Labute approximate surface area is 424 Å². The van der Waals surface area contributed by atoms with Gasteiger partial charge in [0, 0.05) is 102 Å². The largest absolute Gasteiger partial charge is 0.428 e. The average Bonchev–Trinajstić information content (AvgIpc) is 3.86. The van der Waals surface area contributed by atoms with Crippen LogP contribution in [0.5, 0.6) is 0 Å². The number of hydrogen-bond acceptors (Lipinski definition) is 11. The summed E-state index contributed by atoms with van der Waals surface area (Å²) in [6, 6.07) is 30.6. The number of benzene rings is 4. The van der Waals surface area contributed by atoms with E-state index < -0.39 is 11.7 Å². The van der Waals surface area contributed by atoms with E-state index in [1.165, 1.54) is 17.2 Å². The van der Waals surface area contributed by atoms with Gasteiger partial charge >= 0.3 is 0 Å². The number of H-pyrrole nitrogens is 1. The van der Waals surface area contributed by atoms with Gasteiger partial charge < -0.3 is 29.3 Å². The van der Waals surface area contributed by atoms with Crippen molar-refractivity contribution < 1.29 is 23.2 Å². The number of oxazole rings is 1. The van der Waals surface area contributed by atoms with Crippen molar-refractivity contribution >= 4 is 40.2 Å². The minimum absolute atomic E-state index is 0.0229. The number of carbonyl (C=O) groups is 3. The Morgan fingerprint density at radius 1 is 0.699 bits per heavy atom. The molecule has 0 aliphatic carbocycles. The molecular weight excluding hydrogens is 924 g/mol. The number of amides is 3. The lowest BCUT2D eigenvalue weighted by Gasteiger charge is -2.40. The molecule has 15 nitrogen and oxygen atoms in total. The number of fused-ring (bicyclic) bond motifs is 1. The van der Waals surface area contributed by atoms with Gasteiger partial charge in [0.2, 0.25) is 5.91 Å². The van der Waals surface area contributed by atoms with Crippen LogP contribution in [0.4, 0.5) is 16.1 Å². The SMILES string of the molecule is CCc1cccc(-c2cnc(C(=O)N3CCC(CN4CCN(CC(=O)N5CCN(C(=O)c6cc(Cc7n[nH]c(=O)c8ccccc78)ccc6F)CC5)CC4)CC3)c(Nc3ncc(Cc4cccc(C)c4)o3)c2)c1. The van der Waals surface area contributed by atoms with Crippen LogP contribution in [0.1, 0.15) is 74.3 Å². The van der Waals surface area contributed by atoms with Crippen molar-refractivity contribution in [2.24, 2.45) is 5.92 Å². The molecule has 376 valence electrons. The number of piperazine rings is 2. The highest BCUT2D eigenvalue weighted by Gasteiger charge is 2.31. The Hall–Kier alpha value is -7.56. The molecule has 0 spiro atoms. The van der Waals surface area contributed by atoms with Gasteiger partial charge in [-0.2, -0.15) is 5.10 Å². The first-order valence-electron chi connectivity index (χ1n) is 25.5. The third kappa shape index (κ3) is 11.6. The third-order valence-corrected chi connectivity index (χ3v) is 14.6. The Bertz CT molecular complexity index is 3190. The highest BCUT2D eigenvalue weighted by Crippen LogP contribution is 2.30. The van der Waals surface area contributed by atoms with Crippen LogP contribution in [0.15, 0.2) is 119 Å². The predicted molar refractivity (Wildman–Crippen MR) is 278 cm³/mol. The first-order chi connectivity index (χ1) is 35.5. The highest BCUT2D eigenvalue weighted by atomic mass is 19.1. The molecule has 73 heavy (non-hydrogen) atoms. The van der Waals surface area contributed by atoms with E-state index in [1.807, 2.05) is 35.2 Å². The number of aromatic amines is 1. The minimum atomic E-state index is -0.606. The molecule has 3 aliphatic heterocycles. The molecule has 0 atom stereocenters. The molecular formula is C57H61FN10O5. The standard InChI is InChI=1S/C57H61FN10O5/c1-3-39-9-7-11-43(29-39)44-33-51(61-57-60-35-45(73-57)30-41-10-6-8-38(2)28-41)53(59-34-44)56(72)67-18-16-40(17-19-67)36-64-20-22-65(23-21-64)37-52(69)66-24-26-68(27-25-66)55(71)48-31-42(14-15-49(48)58)32-50-46-12-4-5-13-47(46)54(70)63-62-50/h4-15,28-29,31,33-35,40H,3,16-27,30,32,36-37H2,1-2H3,(H,60,61)(H,63,70). The maximum absolute atomic E-state index is 15.1. The van der Waals surface area contributed by atoms with Crippen LogP contribution in [-0.4, -0.2) is 141 Å². The lowest BCUT2D eigenvalue weighted by Crippen LogP contribution is -2.55. The zero-order valence-electron chi connectivity index (χ0n) is 41.5. The summed E-state index contributed by atoms with van der Waals surface area (Å²) in [6.07, 6.45) is 7.09. The second kappa shape index (κ2) is 22.1. The highest BCUT2D eigenvalue weighted by molar-refractivity contribution is 5.99.